The molecular formula is C29H28N2O3S2. The van der Waals surface area contributed by atoms with Crippen LogP contribution in [0.1, 0.15) is 32.6 Å². The van der Waals surface area contributed by atoms with Crippen LogP contribution in [-0.4, -0.2) is 14.3 Å². The van der Waals surface area contributed by atoms with E-state index in [-0.39, 0.29) is 10.8 Å². The van der Waals surface area contributed by atoms with E-state index in [0.717, 1.165) is 22.4 Å². The van der Waals surface area contributed by atoms with Crippen LogP contribution in [0.3, 0.4) is 0 Å². The van der Waals surface area contributed by atoms with Gasteiger partial charge in [-0.2, -0.15) is 0 Å². The predicted molar refractivity (Wildman–Crippen MR) is 148 cm³/mol. The number of thioether (sulfide) groups is 1. The molecular weight excluding hydrogens is 488 g/mol. The quantitative estimate of drug-likeness (QED) is 0.248. The number of rotatable bonds is 8. The Morgan fingerprint density at radius 2 is 1.42 bits per heavy atom. The van der Waals surface area contributed by atoms with E-state index < -0.39 is 10.0 Å². The van der Waals surface area contributed by atoms with Gasteiger partial charge in [0.2, 0.25) is 0 Å². The molecule has 0 heterocycles. The molecule has 4 aromatic rings. The zero-order chi connectivity index (χ0) is 25.7. The van der Waals surface area contributed by atoms with Crippen LogP contribution >= 0.6 is 11.8 Å². The first kappa shape index (κ1) is 25.5. The van der Waals surface area contributed by atoms with Crippen molar-refractivity contribution < 1.29 is 13.2 Å². The summed E-state index contributed by atoms with van der Waals surface area (Å²) in [4.78, 5) is 14.0. The van der Waals surface area contributed by atoms with Gasteiger partial charge in [0.05, 0.1) is 10.6 Å². The van der Waals surface area contributed by atoms with Crippen LogP contribution in [0.15, 0.2) is 101 Å². The zero-order valence-corrected chi connectivity index (χ0v) is 22.0. The van der Waals surface area contributed by atoms with Crippen LogP contribution in [0.2, 0.25) is 0 Å². The Balaban J connectivity index is 1.35. The van der Waals surface area contributed by atoms with E-state index in [1.54, 1.807) is 42.1 Å². The summed E-state index contributed by atoms with van der Waals surface area (Å²) in [6.07, 6.45) is 0. The van der Waals surface area contributed by atoms with Crippen molar-refractivity contribution >= 4 is 39.1 Å². The van der Waals surface area contributed by atoms with Gasteiger partial charge in [-0.05, 0) is 86.5 Å². The van der Waals surface area contributed by atoms with Gasteiger partial charge >= 0.3 is 0 Å². The summed E-state index contributed by atoms with van der Waals surface area (Å²) in [5.41, 5.74) is 5.87. The van der Waals surface area contributed by atoms with Crippen molar-refractivity contribution in [2.75, 3.05) is 10.0 Å². The molecule has 0 saturated heterocycles. The van der Waals surface area contributed by atoms with Crippen molar-refractivity contribution in [3.63, 3.8) is 0 Å². The molecule has 0 aliphatic rings. The van der Waals surface area contributed by atoms with Crippen molar-refractivity contribution in [2.24, 2.45) is 0 Å². The molecule has 0 bridgehead atoms. The number of benzene rings is 4. The Kier molecular flexibility index (Phi) is 7.82. The smallest absolute Gasteiger partial charge is 0.261 e. The lowest BCUT2D eigenvalue weighted by Crippen LogP contribution is -2.14. The monoisotopic (exact) mass is 516 g/mol. The summed E-state index contributed by atoms with van der Waals surface area (Å²) in [6, 6.07) is 27.6. The van der Waals surface area contributed by atoms with Crippen LogP contribution in [0.25, 0.3) is 0 Å². The van der Waals surface area contributed by atoms with E-state index in [9.17, 15) is 13.2 Å². The van der Waals surface area contributed by atoms with Crippen LogP contribution in [0, 0.1) is 20.8 Å². The van der Waals surface area contributed by atoms with Crippen LogP contribution in [0.4, 0.5) is 11.4 Å². The number of anilines is 2. The van der Waals surface area contributed by atoms with Gasteiger partial charge in [0.1, 0.15) is 0 Å². The SMILES string of the molecule is Cc1ccc(SCc2ccc(C(=O)Nc3ccc(S(=O)(=O)Nc4ccc(C)cc4C)cc3)cc2)cc1. The largest absolute Gasteiger partial charge is 0.322 e. The molecule has 0 spiro atoms. The van der Waals surface area contributed by atoms with Crippen molar-refractivity contribution in [3.8, 4) is 0 Å². The molecule has 0 atom stereocenters. The molecule has 0 saturated carbocycles. The van der Waals surface area contributed by atoms with E-state index >= 15 is 0 Å². The van der Waals surface area contributed by atoms with Crippen molar-refractivity contribution in [3.05, 3.63) is 119 Å². The van der Waals surface area contributed by atoms with E-state index in [1.165, 1.54) is 22.6 Å². The van der Waals surface area contributed by atoms with E-state index in [2.05, 4.69) is 41.2 Å². The van der Waals surface area contributed by atoms with E-state index in [4.69, 9.17) is 0 Å². The first-order chi connectivity index (χ1) is 17.2. The fourth-order valence-electron chi connectivity index (χ4n) is 3.61. The number of hydrogen-bond donors (Lipinski definition) is 2. The molecule has 1 amide bonds. The van der Waals surface area contributed by atoms with Crippen molar-refractivity contribution in [1.29, 1.82) is 0 Å². The number of aryl methyl sites for hydroxylation is 3. The van der Waals surface area contributed by atoms with Crippen LogP contribution in [0.5, 0.6) is 0 Å². The number of nitrogens with one attached hydrogen (secondary N) is 2. The van der Waals surface area contributed by atoms with Gasteiger partial charge < -0.3 is 5.32 Å². The standard InChI is InChI=1S/C29H28N2O3S2/c1-20-4-13-26(14-5-20)35-19-23-7-9-24(10-8-23)29(32)30-25-11-15-27(16-12-25)36(33,34)31-28-17-6-21(2)18-22(28)3/h4-18,31H,19H2,1-3H3,(H,30,32). The van der Waals surface area contributed by atoms with Crippen molar-refractivity contribution in [1.82, 2.24) is 0 Å². The lowest BCUT2D eigenvalue weighted by atomic mass is 10.1. The maximum atomic E-state index is 12.8. The minimum atomic E-state index is -3.74. The van der Waals surface area contributed by atoms with Crippen LogP contribution in [-0.2, 0) is 15.8 Å². The summed E-state index contributed by atoms with van der Waals surface area (Å²) in [5.74, 6) is 0.564. The van der Waals surface area contributed by atoms with Gasteiger partial charge in [0, 0.05) is 21.9 Å². The minimum Gasteiger partial charge on any atom is -0.322 e. The molecule has 184 valence electrons. The molecule has 4 rings (SSSR count). The Bertz CT molecular complexity index is 1460. The Labute approximate surface area is 217 Å². The molecule has 0 fully saturated rings. The molecule has 36 heavy (non-hydrogen) atoms. The van der Waals surface area contributed by atoms with Gasteiger partial charge in [-0.15, -0.1) is 11.8 Å². The van der Waals surface area contributed by atoms with E-state index in [1.807, 2.05) is 38.1 Å². The summed E-state index contributed by atoms with van der Waals surface area (Å²) in [6.45, 7) is 5.89. The average Bonchev–Trinajstić information content (AvgIpc) is 2.86. The summed E-state index contributed by atoms with van der Waals surface area (Å²) < 4.78 is 28.2. The highest BCUT2D eigenvalue weighted by molar-refractivity contribution is 7.98. The number of sulfonamides is 1. The number of amides is 1. The Morgan fingerprint density at radius 3 is 2.06 bits per heavy atom. The fraction of sp³-hybridized carbons (Fsp3) is 0.138. The molecule has 0 unspecified atom stereocenters. The van der Waals surface area contributed by atoms with Gasteiger partial charge in [0.25, 0.3) is 15.9 Å². The zero-order valence-electron chi connectivity index (χ0n) is 20.4. The van der Waals surface area contributed by atoms with Crippen LogP contribution < -0.4 is 10.0 Å². The van der Waals surface area contributed by atoms with Gasteiger partial charge in [-0.3, -0.25) is 9.52 Å². The molecule has 0 radical (unpaired) electrons. The molecule has 4 aromatic carbocycles. The second-order valence-electron chi connectivity index (χ2n) is 8.70. The average molecular weight is 517 g/mol. The summed E-state index contributed by atoms with van der Waals surface area (Å²) in [5, 5.41) is 2.83. The number of hydrogen-bond acceptors (Lipinski definition) is 4. The molecule has 0 aliphatic heterocycles. The van der Waals surface area contributed by atoms with E-state index in [0.29, 0.717) is 16.9 Å². The second kappa shape index (κ2) is 11.0. The highest BCUT2D eigenvalue weighted by Crippen LogP contribution is 2.24. The molecule has 5 nitrogen and oxygen atoms in total. The fourth-order valence-corrected chi connectivity index (χ4v) is 5.59. The summed E-state index contributed by atoms with van der Waals surface area (Å²) in [7, 11) is -3.74. The Hall–Kier alpha value is -3.55. The minimum absolute atomic E-state index is 0.121. The van der Waals surface area contributed by atoms with Crippen molar-refractivity contribution in [2.45, 2.75) is 36.3 Å². The predicted octanol–water partition coefficient (Wildman–Crippen LogP) is 6.96. The Morgan fingerprint density at radius 1 is 0.778 bits per heavy atom. The highest BCUT2D eigenvalue weighted by Gasteiger charge is 2.16. The number of carbonyl (C=O) groups is 1. The highest BCUT2D eigenvalue weighted by atomic mass is 32.2. The topological polar surface area (TPSA) is 75.3 Å². The van der Waals surface area contributed by atoms with Gasteiger partial charge in [-0.1, -0.05) is 47.5 Å². The maximum absolute atomic E-state index is 12.8. The molecule has 0 aromatic heterocycles. The van der Waals surface area contributed by atoms with Gasteiger partial charge in [-0.25, -0.2) is 8.42 Å². The third-order valence-corrected chi connectivity index (χ3v) is 8.16. The maximum Gasteiger partial charge on any atom is 0.261 e. The first-order valence-corrected chi connectivity index (χ1v) is 14.0. The lowest BCUT2D eigenvalue weighted by molar-refractivity contribution is 0.102. The third kappa shape index (κ3) is 6.56. The molecule has 2 N–H and O–H groups in total. The molecule has 0 aliphatic carbocycles. The normalized spacial score (nSPS) is 11.2. The van der Waals surface area contributed by atoms with Gasteiger partial charge in [0.15, 0.2) is 0 Å². The third-order valence-electron chi connectivity index (χ3n) is 5.69. The lowest BCUT2D eigenvalue weighted by Gasteiger charge is -2.12. The summed E-state index contributed by atoms with van der Waals surface area (Å²) >= 11 is 1.75. The molecule has 7 heteroatoms. The number of carbonyl (C=O) groups excluding carboxylic acids is 1. The first-order valence-electron chi connectivity index (χ1n) is 11.5. The second-order valence-corrected chi connectivity index (χ2v) is 11.4.